The van der Waals surface area contributed by atoms with E-state index in [1.54, 1.807) is 0 Å². The second-order valence-electron chi connectivity index (χ2n) is 5.81. The van der Waals surface area contributed by atoms with Gasteiger partial charge in [0.2, 0.25) is 0 Å². The van der Waals surface area contributed by atoms with Crippen molar-refractivity contribution >= 4 is 0 Å². The highest BCUT2D eigenvalue weighted by Gasteiger charge is 2.39. The highest BCUT2D eigenvalue weighted by molar-refractivity contribution is 5.17. The molecule has 2 atom stereocenters. The van der Waals surface area contributed by atoms with Crippen molar-refractivity contribution in [3.05, 3.63) is 18.0 Å². The quantitative estimate of drug-likeness (QED) is 0.627. The molecule has 0 radical (unpaired) electrons. The highest BCUT2D eigenvalue weighted by Crippen LogP contribution is 2.35. The third-order valence-corrected chi connectivity index (χ3v) is 4.64. The molecule has 19 heavy (non-hydrogen) atoms. The lowest BCUT2D eigenvalue weighted by molar-refractivity contribution is 0.0424. The third-order valence-electron chi connectivity index (χ3n) is 4.64. The van der Waals surface area contributed by atoms with E-state index in [2.05, 4.69) is 35.5 Å². The Kier molecular flexibility index (Phi) is 4.60. The molecule has 1 aliphatic heterocycles. The van der Waals surface area contributed by atoms with Crippen LogP contribution in [0.15, 0.2) is 12.4 Å². The molecule has 1 saturated heterocycles. The molecule has 1 aromatic rings. The fourth-order valence-electron chi connectivity index (χ4n) is 3.24. The summed E-state index contributed by atoms with van der Waals surface area (Å²) in [6.07, 6.45) is 8.98. The smallest absolute Gasteiger partial charge is 0.0671 e. The zero-order valence-electron chi connectivity index (χ0n) is 12.4. The summed E-state index contributed by atoms with van der Waals surface area (Å²) < 4.78 is 1.84. The van der Waals surface area contributed by atoms with Crippen LogP contribution in [0.2, 0.25) is 0 Å². The maximum Gasteiger partial charge on any atom is 0.0671 e. The summed E-state index contributed by atoms with van der Waals surface area (Å²) in [5, 5.41) is 4.28. The molecule has 0 bridgehead atoms. The number of nitrogens with one attached hydrogen (secondary N) is 1. The van der Waals surface area contributed by atoms with E-state index >= 15 is 0 Å². The van der Waals surface area contributed by atoms with Crippen molar-refractivity contribution in [3.63, 3.8) is 0 Å². The van der Waals surface area contributed by atoms with Gasteiger partial charge in [0.25, 0.3) is 0 Å². The highest BCUT2D eigenvalue weighted by atomic mass is 15.3. The molecule has 2 heterocycles. The van der Waals surface area contributed by atoms with Gasteiger partial charge in [-0.3, -0.25) is 20.9 Å². The van der Waals surface area contributed by atoms with E-state index < -0.39 is 0 Å². The van der Waals surface area contributed by atoms with Crippen molar-refractivity contribution in [2.75, 3.05) is 13.1 Å². The lowest BCUT2D eigenvalue weighted by Crippen LogP contribution is -2.57. The molecule has 0 amide bonds. The molecule has 0 aliphatic carbocycles. The molecule has 3 N–H and O–H groups in total. The van der Waals surface area contributed by atoms with E-state index in [-0.39, 0.29) is 11.6 Å². The molecule has 0 saturated carbocycles. The van der Waals surface area contributed by atoms with Gasteiger partial charge in [-0.25, -0.2) is 0 Å². The fourth-order valence-corrected chi connectivity index (χ4v) is 3.24. The molecule has 5 nitrogen and oxygen atoms in total. The van der Waals surface area contributed by atoms with Crippen LogP contribution in [0.5, 0.6) is 0 Å². The van der Waals surface area contributed by atoms with E-state index in [1.165, 1.54) is 37.9 Å². The molecule has 0 aromatic carbocycles. The summed E-state index contributed by atoms with van der Waals surface area (Å²) >= 11 is 0. The number of hydrogen-bond acceptors (Lipinski definition) is 4. The molecular formula is C14H27N5. The lowest BCUT2D eigenvalue weighted by Gasteiger charge is -2.47. The van der Waals surface area contributed by atoms with Gasteiger partial charge in [-0.05, 0) is 39.3 Å². The van der Waals surface area contributed by atoms with E-state index in [9.17, 15) is 0 Å². The number of nitrogens with two attached hydrogens (primary N) is 1. The molecular weight excluding hydrogens is 238 g/mol. The monoisotopic (exact) mass is 265 g/mol. The van der Waals surface area contributed by atoms with Gasteiger partial charge in [0.05, 0.1) is 12.2 Å². The van der Waals surface area contributed by atoms with Crippen LogP contribution < -0.4 is 11.3 Å². The summed E-state index contributed by atoms with van der Waals surface area (Å²) in [7, 11) is 1.95. The molecule has 1 fully saturated rings. The summed E-state index contributed by atoms with van der Waals surface area (Å²) in [5.74, 6) is 5.87. The van der Waals surface area contributed by atoms with E-state index in [4.69, 9.17) is 5.84 Å². The average molecular weight is 265 g/mol. The summed E-state index contributed by atoms with van der Waals surface area (Å²) in [6.45, 7) is 6.90. The van der Waals surface area contributed by atoms with Gasteiger partial charge in [-0.1, -0.05) is 13.3 Å². The minimum Gasteiger partial charge on any atom is -0.296 e. The first kappa shape index (κ1) is 14.5. The predicted molar refractivity (Wildman–Crippen MR) is 77.4 cm³/mol. The van der Waals surface area contributed by atoms with E-state index in [0.29, 0.717) is 0 Å². The molecule has 2 unspecified atom stereocenters. The first-order chi connectivity index (χ1) is 9.11. The summed E-state index contributed by atoms with van der Waals surface area (Å²) in [6, 6.07) is 0.115. The number of hydrogen-bond donors (Lipinski definition) is 2. The standard InChI is InChI=1S/C14H27N5/c1-4-14(2,19-8-6-5-7-9-19)13(17-15)12-10-16-18(3)11-12/h10-11,13,17H,4-9,15H2,1-3H3. The van der Waals surface area contributed by atoms with Crippen molar-refractivity contribution < 1.29 is 0 Å². The topological polar surface area (TPSA) is 59.1 Å². The largest absolute Gasteiger partial charge is 0.296 e. The average Bonchev–Trinajstić information content (AvgIpc) is 2.86. The molecule has 1 aliphatic rings. The second kappa shape index (κ2) is 6.03. The van der Waals surface area contributed by atoms with Crippen molar-refractivity contribution in [1.29, 1.82) is 0 Å². The number of aromatic nitrogens is 2. The van der Waals surface area contributed by atoms with Gasteiger partial charge in [0, 0.05) is 24.3 Å². The Morgan fingerprint density at radius 2 is 2.11 bits per heavy atom. The Balaban J connectivity index is 2.25. The van der Waals surface area contributed by atoms with Gasteiger partial charge in [0.1, 0.15) is 0 Å². The third kappa shape index (κ3) is 2.83. The van der Waals surface area contributed by atoms with Gasteiger partial charge in [-0.15, -0.1) is 0 Å². The Bertz CT molecular complexity index is 396. The number of piperidine rings is 1. The van der Waals surface area contributed by atoms with Crippen LogP contribution in [0.1, 0.15) is 51.1 Å². The number of likely N-dealkylation sites (tertiary alicyclic amines) is 1. The molecule has 2 rings (SSSR count). The Morgan fingerprint density at radius 3 is 2.58 bits per heavy atom. The van der Waals surface area contributed by atoms with E-state index in [0.717, 1.165) is 6.42 Å². The number of nitrogens with zero attached hydrogens (tertiary/aromatic N) is 3. The normalized spacial score (nSPS) is 22.1. The predicted octanol–water partition coefficient (Wildman–Crippen LogP) is 1.58. The first-order valence-corrected chi connectivity index (χ1v) is 7.31. The van der Waals surface area contributed by atoms with Crippen molar-refractivity contribution in [3.8, 4) is 0 Å². The van der Waals surface area contributed by atoms with Crippen LogP contribution in [-0.4, -0.2) is 33.3 Å². The minimum atomic E-state index is 0.0399. The fraction of sp³-hybridized carbons (Fsp3) is 0.786. The number of rotatable bonds is 5. The van der Waals surface area contributed by atoms with Crippen LogP contribution in [0.4, 0.5) is 0 Å². The van der Waals surface area contributed by atoms with Crippen molar-refractivity contribution in [2.45, 2.75) is 51.1 Å². The lowest BCUT2D eigenvalue weighted by atomic mass is 9.83. The first-order valence-electron chi connectivity index (χ1n) is 7.31. The van der Waals surface area contributed by atoms with Crippen LogP contribution >= 0.6 is 0 Å². The number of aryl methyl sites for hydroxylation is 1. The molecule has 0 spiro atoms. The maximum absolute atomic E-state index is 5.87. The summed E-state index contributed by atoms with van der Waals surface area (Å²) in [5.41, 5.74) is 4.23. The van der Waals surface area contributed by atoms with Crippen molar-refractivity contribution in [1.82, 2.24) is 20.1 Å². The maximum atomic E-state index is 5.87. The van der Waals surface area contributed by atoms with Gasteiger partial charge in [0.15, 0.2) is 0 Å². The van der Waals surface area contributed by atoms with Crippen LogP contribution in [0, 0.1) is 0 Å². The zero-order valence-corrected chi connectivity index (χ0v) is 12.4. The van der Waals surface area contributed by atoms with E-state index in [1.807, 2.05) is 17.9 Å². The number of hydrazine groups is 1. The zero-order chi connectivity index (χ0) is 13.9. The Morgan fingerprint density at radius 1 is 1.42 bits per heavy atom. The molecule has 5 heteroatoms. The summed E-state index contributed by atoms with van der Waals surface area (Å²) in [4.78, 5) is 2.59. The molecule has 1 aromatic heterocycles. The van der Waals surface area contributed by atoms with Crippen LogP contribution in [-0.2, 0) is 7.05 Å². The Labute approximate surface area is 116 Å². The van der Waals surface area contributed by atoms with Gasteiger partial charge < -0.3 is 0 Å². The minimum absolute atomic E-state index is 0.0399. The van der Waals surface area contributed by atoms with Crippen LogP contribution in [0.3, 0.4) is 0 Å². The Hall–Kier alpha value is -0.910. The van der Waals surface area contributed by atoms with Crippen LogP contribution in [0.25, 0.3) is 0 Å². The molecule has 108 valence electrons. The van der Waals surface area contributed by atoms with Gasteiger partial charge >= 0.3 is 0 Å². The SMILES string of the molecule is CCC(C)(C(NN)c1cnn(C)c1)N1CCCCC1. The van der Waals surface area contributed by atoms with Crippen molar-refractivity contribution in [2.24, 2.45) is 12.9 Å². The van der Waals surface area contributed by atoms with Gasteiger partial charge in [-0.2, -0.15) is 5.10 Å². The second-order valence-corrected chi connectivity index (χ2v) is 5.81.